The van der Waals surface area contributed by atoms with Crippen LogP contribution in [-0.2, 0) is 9.53 Å². The van der Waals surface area contributed by atoms with Gasteiger partial charge in [-0.3, -0.25) is 9.36 Å². The fraction of sp³-hybridized carbons (Fsp3) is 0.208. The number of halogens is 1. The highest BCUT2D eigenvalue weighted by molar-refractivity contribution is 9.10. The Morgan fingerprint density at radius 1 is 1.19 bits per heavy atom. The first-order valence-corrected chi connectivity index (χ1v) is 11.6. The topological polar surface area (TPSA) is 69.9 Å². The summed E-state index contributed by atoms with van der Waals surface area (Å²) >= 11 is 4.73. The van der Waals surface area contributed by atoms with E-state index in [0.29, 0.717) is 26.4 Å². The van der Waals surface area contributed by atoms with E-state index in [4.69, 9.17) is 9.47 Å². The van der Waals surface area contributed by atoms with Gasteiger partial charge in [0.1, 0.15) is 5.75 Å². The predicted molar refractivity (Wildman–Crippen MR) is 128 cm³/mol. The van der Waals surface area contributed by atoms with Gasteiger partial charge in [-0.15, -0.1) is 0 Å². The average Bonchev–Trinajstić information content (AvgIpc) is 3.09. The maximum Gasteiger partial charge on any atom is 0.338 e. The molecule has 0 N–H and O–H groups in total. The standard InChI is InChI=1S/C24H21BrN2O4S/c1-4-31-23(29)20-14(2)26-24-27(21(20)16-7-11-18(30-3)12-8-16)22(28)19(32-24)13-15-5-9-17(25)10-6-15/h5-13,21H,4H2,1-3H3/b19-13+. The zero-order chi connectivity index (χ0) is 22.8. The van der Waals surface area contributed by atoms with E-state index in [-0.39, 0.29) is 12.2 Å². The van der Waals surface area contributed by atoms with Gasteiger partial charge >= 0.3 is 5.97 Å². The first-order chi connectivity index (χ1) is 15.4. The van der Waals surface area contributed by atoms with E-state index < -0.39 is 12.0 Å². The summed E-state index contributed by atoms with van der Waals surface area (Å²) < 4.78 is 13.7. The molecule has 0 fully saturated rings. The summed E-state index contributed by atoms with van der Waals surface area (Å²) in [7, 11) is 1.59. The maximum absolute atomic E-state index is 13.5. The molecule has 3 aromatic rings. The Balaban J connectivity index is 1.93. The highest BCUT2D eigenvalue weighted by atomic mass is 79.9. The molecule has 1 aromatic heterocycles. The number of aromatic nitrogens is 1. The van der Waals surface area contributed by atoms with Gasteiger partial charge in [0.05, 0.1) is 35.6 Å². The first-order valence-electron chi connectivity index (χ1n) is 10.0. The molecule has 0 amide bonds. The van der Waals surface area contributed by atoms with E-state index >= 15 is 0 Å². The van der Waals surface area contributed by atoms with E-state index in [1.807, 2.05) is 54.6 Å². The lowest BCUT2D eigenvalue weighted by Crippen LogP contribution is -2.39. The van der Waals surface area contributed by atoms with Crippen LogP contribution in [0.3, 0.4) is 0 Å². The molecule has 1 aliphatic rings. The molecule has 2 aromatic carbocycles. The SMILES string of the molecule is CCOC(=O)C1=C(C)N=c2s/c(=C/c3ccc(Br)cc3)c(=O)n2C1c1ccc(OC)cc1. The van der Waals surface area contributed by atoms with Crippen molar-refractivity contribution in [1.29, 1.82) is 0 Å². The number of hydrogen-bond acceptors (Lipinski definition) is 6. The summed E-state index contributed by atoms with van der Waals surface area (Å²) in [4.78, 5) is 31.5. The molecule has 0 saturated heterocycles. The molecule has 2 heterocycles. The lowest BCUT2D eigenvalue weighted by Gasteiger charge is -2.24. The zero-order valence-corrected chi connectivity index (χ0v) is 20.2. The quantitative estimate of drug-likeness (QED) is 0.490. The summed E-state index contributed by atoms with van der Waals surface area (Å²) in [5.41, 5.74) is 2.38. The number of benzene rings is 2. The Bertz CT molecular complexity index is 1370. The predicted octanol–water partition coefficient (Wildman–Crippen LogP) is 3.57. The van der Waals surface area contributed by atoms with Gasteiger partial charge in [0.25, 0.3) is 5.56 Å². The van der Waals surface area contributed by atoms with Gasteiger partial charge in [-0.25, -0.2) is 9.79 Å². The van der Waals surface area contributed by atoms with Crippen LogP contribution in [-0.4, -0.2) is 24.3 Å². The number of esters is 1. The Hall–Kier alpha value is -2.97. The largest absolute Gasteiger partial charge is 0.497 e. The molecule has 1 atom stereocenters. The van der Waals surface area contributed by atoms with Crippen LogP contribution in [0.1, 0.15) is 31.0 Å². The number of ether oxygens (including phenoxy) is 2. The molecular formula is C24H21BrN2O4S. The van der Waals surface area contributed by atoms with Crippen molar-refractivity contribution >= 4 is 39.3 Å². The summed E-state index contributed by atoms with van der Waals surface area (Å²) in [5.74, 6) is 0.214. The maximum atomic E-state index is 13.5. The third kappa shape index (κ3) is 4.20. The summed E-state index contributed by atoms with van der Waals surface area (Å²) in [5, 5.41) is 0. The molecule has 1 aliphatic heterocycles. The second-order valence-electron chi connectivity index (χ2n) is 7.13. The minimum atomic E-state index is -0.636. The molecule has 0 radical (unpaired) electrons. The summed E-state index contributed by atoms with van der Waals surface area (Å²) in [6.07, 6.45) is 1.84. The van der Waals surface area contributed by atoms with E-state index in [2.05, 4.69) is 20.9 Å². The fourth-order valence-corrected chi connectivity index (χ4v) is 4.91. The van der Waals surface area contributed by atoms with Crippen molar-refractivity contribution in [2.45, 2.75) is 19.9 Å². The highest BCUT2D eigenvalue weighted by Crippen LogP contribution is 2.31. The fourth-order valence-electron chi connectivity index (χ4n) is 3.60. The van der Waals surface area contributed by atoms with Crippen molar-refractivity contribution in [3.63, 3.8) is 0 Å². The third-order valence-electron chi connectivity index (χ3n) is 5.12. The van der Waals surface area contributed by atoms with Crippen LogP contribution < -0.4 is 19.6 Å². The van der Waals surface area contributed by atoms with Crippen molar-refractivity contribution in [3.05, 3.63) is 95.1 Å². The number of methoxy groups -OCH3 is 1. The Morgan fingerprint density at radius 3 is 2.50 bits per heavy atom. The molecule has 1 unspecified atom stereocenters. The number of fused-ring (bicyclic) bond motifs is 1. The number of carbonyl (C=O) groups excluding carboxylic acids is 1. The molecule has 164 valence electrons. The molecule has 0 aliphatic carbocycles. The van der Waals surface area contributed by atoms with Crippen LogP contribution in [0.2, 0.25) is 0 Å². The summed E-state index contributed by atoms with van der Waals surface area (Å²) in [6.45, 7) is 3.76. The van der Waals surface area contributed by atoms with Crippen molar-refractivity contribution in [2.75, 3.05) is 13.7 Å². The van der Waals surface area contributed by atoms with E-state index in [1.165, 1.54) is 11.3 Å². The molecular weight excluding hydrogens is 492 g/mol. The Morgan fingerprint density at radius 2 is 1.88 bits per heavy atom. The van der Waals surface area contributed by atoms with Crippen molar-refractivity contribution in [2.24, 2.45) is 4.99 Å². The van der Waals surface area contributed by atoms with Crippen molar-refractivity contribution in [3.8, 4) is 5.75 Å². The van der Waals surface area contributed by atoms with Crippen LogP contribution >= 0.6 is 27.3 Å². The Kier molecular flexibility index (Phi) is 6.43. The number of rotatable bonds is 5. The Labute approximate surface area is 197 Å². The smallest absolute Gasteiger partial charge is 0.338 e. The highest BCUT2D eigenvalue weighted by Gasteiger charge is 2.33. The van der Waals surface area contributed by atoms with E-state index in [1.54, 1.807) is 25.5 Å². The van der Waals surface area contributed by atoms with Crippen LogP contribution in [0.5, 0.6) is 5.75 Å². The normalized spacial score (nSPS) is 15.9. The van der Waals surface area contributed by atoms with E-state index in [9.17, 15) is 9.59 Å². The van der Waals surface area contributed by atoms with Crippen LogP contribution in [0.15, 0.2) is 74.1 Å². The molecule has 32 heavy (non-hydrogen) atoms. The van der Waals surface area contributed by atoms with Crippen LogP contribution in [0.25, 0.3) is 6.08 Å². The average molecular weight is 513 g/mol. The number of nitrogens with zero attached hydrogens (tertiary/aromatic N) is 2. The third-order valence-corrected chi connectivity index (χ3v) is 6.63. The number of carbonyl (C=O) groups is 1. The molecule has 4 rings (SSSR count). The minimum absolute atomic E-state index is 0.202. The lowest BCUT2D eigenvalue weighted by atomic mass is 9.96. The molecule has 6 nitrogen and oxygen atoms in total. The van der Waals surface area contributed by atoms with Crippen LogP contribution in [0.4, 0.5) is 0 Å². The van der Waals surface area contributed by atoms with Gasteiger partial charge in [0.2, 0.25) is 0 Å². The van der Waals surface area contributed by atoms with Gasteiger partial charge in [0, 0.05) is 4.47 Å². The van der Waals surface area contributed by atoms with Crippen LogP contribution in [0, 0.1) is 0 Å². The summed E-state index contributed by atoms with van der Waals surface area (Å²) in [6, 6.07) is 14.4. The van der Waals surface area contributed by atoms with Gasteiger partial charge in [-0.05, 0) is 55.3 Å². The number of hydrogen-bond donors (Lipinski definition) is 0. The minimum Gasteiger partial charge on any atom is -0.497 e. The van der Waals surface area contributed by atoms with E-state index in [0.717, 1.165) is 15.6 Å². The van der Waals surface area contributed by atoms with Gasteiger partial charge in [-0.2, -0.15) is 0 Å². The van der Waals surface area contributed by atoms with Gasteiger partial charge in [0.15, 0.2) is 4.80 Å². The first kappa shape index (κ1) is 22.2. The monoisotopic (exact) mass is 512 g/mol. The number of thiazole rings is 1. The lowest BCUT2D eigenvalue weighted by molar-refractivity contribution is -0.139. The molecule has 8 heteroatoms. The molecule has 0 bridgehead atoms. The number of allylic oxidation sites excluding steroid dienone is 1. The van der Waals surface area contributed by atoms with Crippen molar-refractivity contribution < 1.29 is 14.3 Å². The van der Waals surface area contributed by atoms with Gasteiger partial charge < -0.3 is 9.47 Å². The molecule has 0 saturated carbocycles. The van der Waals surface area contributed by atoms with Gasteiger partial charge in [-0.1, -0.05) is 51.5 Å². The second kappa shape index (κ2) is 9.26. The zero-order valence-electron chi connectivity index (χ0n) is 17.8. The molecule has 0 spiro atoms. The van der Waals surface area contributed by atoms with Crippen molar-refractivity contribution in [1.82, 2.24) is 4.57 Å². The second-order valence-corrected chi connectivity index (χ2v) is 9.05.